The second-order valence-electron chi connectivity index (χ2n) is 8.01. The molecule has 1 saturated heterocycles. The van der Waals surface area contributed by atoms with E-state index in [1.807, 2.05) is 0 Å². The molecular weight excluding hydrogens is 406 g/mol. The van der Waals surface area contributed by atoms with E-state index in [4.69, 9.17) is 9.47 Å². The maximum absolute atomic E-state index is 13.4. The lowest BCUT2D eigenvalue weighted by Gasteiger charge is -2.35. The Morgan fingerprint density at radius 3 is 2.40 bits per heavy atom. The van der Waals surface area contributed by atoms with Crippen molar-refractivity contribution in [3.63, 3.8) is 0 Å². The summed E-state index contributed by atoms with van der Waals surface area (Å²) in [7, 11) is 0.437. The summed E-state index contributed by atoms with van der Waals surface area (Å²) in [4.78, 5) is 13.3. The van der Waals surface area contributed by atoms with Gasteiger partial charge in [-0.25, -0.2) is 13.1 Å². The zero-order chi connectivity index (χ0) is 21.7. The molecule has 168 valence electrons. The average Bonchev–Trinajstić information content (AvgIpc) is 3.31. The Labute approximate surface area is 179 Å². The summed E-state index contributed by atoms with van der Waals surface area (Å²) in [6, 6.07) is 2.94. The number of carbonyl (C=O) groups is 1. The Hall–Kier alpha value is -1.84. The fourth-order valence-electron chi connectivity index (χ4n) is 4.67. The Kier molecular flexibility index (Phi) is 7.60. The molecule has 2 aliphatic rings. The Morgan fingerprint density at radius 1 is 1.10 bits per heavy atom. The summed E-state index contributed by atoms with van der Waals surface area (Å²) in [6.07, 6.45) is 7.90. The van der Waals surface area contributed by atoms with Crippen molar-refractivity contribution in [1.82, 2.24) is 15.4 Å². The minimum Gasteiger partial charge on any atom is -0.493 e. The molecule has 1 heterocycles. The van der Waals surface area contributed by atoms with E-state index in [-0.39, 0.29) is 39.9 Å². The van der Waals surface area contributed by atoms with Crippen LogP contribution >= 0.6 is 0 Å². The number of ether oxygens (including phenoxy) is 2. The molecule has 8 nitrogen and oxygen atoms in total. The predicted octanol–water partition coefficient (Wildman–Crippen LogP) is 2.04. The lowest BCUT2D eigenvalue weighted by atomic mass is 9.80. The van der Waals surface area contributed by atoms with Crippen LogP contribution in [0.15, 0.2) is 17.0 Å². The predicted molar refractivity (Wildman–Crippen MR) is 115 cm³/mol. The van der Waals surface area contributed by atoms with Gasteiger partial charge in [-0.05, 0) is 51.3 Å². The third-order valence-electron chi connectivity index (χ3n) is 6.26. The van der Waals surface area contributed by atoms with Gasteiger partial charge in [0.15, 0.2) is 11.5 Å². The van der Waals surface area contributed by atoms with Crippen molar-refractivity contribution in [3.8, 4) is 11.5 Å². The van der Waals surface area contributed by atoms with Crippen LogP contribution in [0.3, 0.4) is 0 Å². The highest BCUT2D eigenvalue weighted by Gasteiger charge is 2.34. The van der Waals surface area contributed by atoms with Gasteiger partial charge >= 0.3 is 0 Å². The second-order valence-corrected chi connectivity index (χ2v) is 9.90. The van der Waals surface area contributed by atoms with E-state index in [0.29, 0.717) is 5.92 Å². The molecule has 2 atom stereocenters. The molecular formula is C21H33N3O5S. The summed E-state index contributed by atoms with van der Waals surface area (Å²) in [5, 5.41) is 6.75. The Balaban J connectivity index is 1.95. The third kappa shape index (κ3) is 4.90. The molecule has 1 amide bonds. The quantitative estimate of drug-likeness (QED) is 0.572. The average molecular weight is 440 g/mol. The van der Waals surface area contributed by atoms with Crippen LogP contribution in [-0.4, -0.2) is 54.2 Å². The summed E-state index contributed by atoms with van der Waals surface area (Å²) in [6.45, 7) is 0.955. The highest BCUT2D eigenvalue weighted by atomic mass is 32.2. The minimum atomic E-state index is -3.75. The van der Waals surface area contributed by atoms with E-state index in [9.17, 15) is 13.2 Å². The molecule has 0 radical (unpaired) electrons. The van der Waals surface area contributed by atoms with Gasteiger partial charge in [-0.3, -0.25) is 4.79 Å². The van der Waals surface area contributed by atoms with Crippen molar-refractivity contribution in [3.05, 3.63) is 17.7 Å². The van der Waals surface area contributed by atoms with Gasteiger partial charge in [0.25, 0.3) is 5.91 Å². The van der Waals surface area contributed by atoms with Crippen molar-refractivity contribution in [1.29, 1.82) is 0 Å². The normalized spacial score (nSPS) is 21.2. The molecule has 1 aromatic carbocycles. The summed E-state index contributed by atoms with van der Waals surface area (Å²) in [5.41, 5.74) is 0.157. The van der Waals surface area contributed by atoms with Gasteiger partial charge in [0, 0.05) is 18.2 Å². The monoisotopic (exact) mass is 439 g/mol. The van der Waals surface area contributed by atoms with Crippen molar-refractivity contribution >= 4 is 15.9 Å². The largest absolute Gasteiger partial charge is 0.493 e. The second kappa shape index (κ2) is 9.98. The number of amides is 1. The minimum absolute atomic E-state index is 0.000523. The van der Waals surface area contributed by atoms with E-state index in [0.717, 1.165) is 32.2 Å². The number of benzene rings is 1. The number of methoxy groups -OCH3 is 2. The van der Waals surface area contributed by atoms with E-state index in [1.165, 1.54) is 52.7 Å². The first-order valence-electron chi connectivity index (χ1n) is 10.6. The number of carbonyl (C=O) groups excluding carboxylic acids is 1. The molecule has 1 aliphatic carbocycles. The van der Waals surface area contributed by atoms with E-state index < -0.39 is 10.0 Å². The first kappa shape index (κ1) is 22.8. The number of sulfonamides is 1. The van der Waals surface area contributed by atoms with Gasteiger partial charge in [0.05, 0.1) is 24.7 Å². The van der Waals surface area contributed by atoms with Crippen LogP contribution in [0.4, 0.5) is 0 Å². The molecule has 9 heteroatoms. The van der Waals surface area contributed by atoms with Gasteiger partial charge in [-0.15, -0.1) is 0 Å². The van der Waals surface area contributed by atoms with Gasteiger partial charge < -0.3 is 20.1 Å². The van der Waals surface area contributed by atoms with Crippen LogP contribution in [0.25, 0.3) is 0 Å². The molecule has 0 aromatic heterocycles. The molecule has 2 fully saturated rings. The maximum atomic E-state index is 13.4. The maximum Gasteiger partial charge on any atom is 0.255 e. The van der Waals surface area contributed by atoms with Crippen LogP contribution in [0.5, 0.6) is 11.5 Å². The molecule has 0 spiro atoms. The van der Waals surface area contributed by atoms with E-state index in [2.05, 4.69) is 15.4 Å². The lowest BCUT2D eigenvalue weighted by molar-refractivity contribution is 0.0893. The van der Waals surface area contributed by atoms with E-state index >= 15 is 0 Å². The Bertz CT molecular complexity index is 846. The SMILES string of the molecule is CNS(=O)(=O)c1cc(OC)c(OC)c(C(=O)NC(C2CCCCC2)C2CCCN2)c1. The smallest absolute Gasteiger partial charge is 0.255 e. The van der Waals surface area contributed by atoms with Crippen LogP contribution in [-0.2, 0) is 10.0 Å². The van der Waals surface area contributed by atoms with Crippen molar-refractivity contribution < 1.29 is 22.7 Å². The standard InChI is InChI=1S/C21H33N3O5S/c1-22-30(26,27)15-12-16(20(29-3)18(13-15)28-2)21(25)24-19(17-10-7-11-23-17)14-8-5-4-6-9-14/h12-14,17,19,22-23H,4-11H2,1-3H3,(H,24,25). The highest BCUT2D eigenvalue weighted by molar-refractivity contribution is 7.89. The van der Waals surface area contributed by atoms with Crippen LogP contribution in [0.1, 0.15) is 55.3 Å². The van der Waals surface area contributed by atoms with Crippen molar-refractivity contribution in [2.75, 3.05) is 27.8 Å². The molecule has 1 aliphatic heterocycles. The highest BCUT2D eigenvalue weighted by Crippen LogP contribution is 2.35. The molecule has 3 rings (SSSR count). The van der Waals surface area contributed by atoms with E-state index in [1.54, 1.807) is 0 Å². The van der Waals surface area contributed by atoms with Gasteiger partial charge in [0.1, 0.15) is 0 Å². The summed E-state index contributed by atoms with van der Waals surface area (Å²) >= 11 is 0. The number of nitrogens with one attached hydrogen (secondary N) is 3. The molecule has 30 heavy (non-hydrogen) atoms. The topological polar surface area (TPSA) is 106 Å². The molecule has 3 N–H and O–H groups in total. The fraction of sp³-hybridized carbons (Fsp3) is 0.667. The first-order valence-corrected chi connectivity index (χ1v) is 12.1. The van der Waals surface area contributed by atoms with Crippen molar-refractivity contribution in [2.24, 2.45) is 5.92 Å². The molecule has 2 unspecified atom stereocenters. The zero-order valence-corrected chi connectivity index (χ0v) is 18.8. The van der Waals surface area contributed by atoms with Crippen LogP contribution in [0, 0.1) is 5.92 Å². The van der Waals surface area contributed by atoms with Crippen LogP contribution in [0.2, 0.25) is 0 Å². The molecule has 1 aromatic rings. The van der Waals surface area contributed by atoms with Gasteiger partial charge in [-0.2, -0.15) is 0 Å². The van der Waals surface area contributed by atoms with Crippen LogP contribution < -0.4 is 24.8 Å². The summed E-state index contributed by atoms with van der Waals surface area (Å²) in [5.74, 6) is 0.497. The molecule has 0 bridgehead atoms. The molecule has 1 saturated carbocycles. The number of rotatable bonds is 8. The number of hydrogen-bond donors (Lipinski definition) is 3. The fourth-order valence-corrected chi connectivity index (χ4v) is 5.44. The lowest BCUT2D eigenvalue weighted by Crippen LogP contribution is -2.52. The van der Waals surface area contributed by atoms with Gasteiger partial charge in [0.2, 0.25) is 10.0 Å². The zero-order valence-electron chi connectivity index (χ0n) is 18.0. The van der Waals surface area contributed by atoms with Gasteiger partial charge in [-0.1, -0.05) is 19.3 Å². The third-order valence-corrected chi connectivity index (χ3v) is 7.66. The van der Waals surface area contributed by atoms with Crippen molar-refractivity contribution in [2.45, 2.75) is 61.9 Å². The number of hydrogen-bond acceptors (Lipinski definition) is 6. The summed E-state index contributed by atoms with van der Waals surface area (Å²) < 4.78 is 37.8. The Morgan fingerprint density at radius 2 is 1.83 bits per heavy atom. The first-order chi connectivity index (χ1) is 14.4.